The van der Waals surface area contributed by atoms with Gasteiger partial charge in [0, 0.05) is 16.5 Å². The number of carbonyl (C=O) groups excluding carboxylic acids is 1. The Hall–Kier alpha value is -0.960. The first kappa shape index (κ1) is 12.1. The number of ketones is 1. The summed E-state index contributed by atoms with van der Waals surface area (Å²) in [6.45, 7) is 5.59. The van der Waals surface area contributed by atoms with Crippen LogP contribution < -0.4 is 0 Å². The summed E-state index contributed by atoms with van der Waals surface area (Å²) in [6, 6.07) is 4.21. The first-order chi connectivity index (χ1) is 6.99. The molecule has 0 radical (unpaired) electrons. The third-order valence-electron chi connectivity index (χ3n) is 1.96. The fourth-order valence-electron chi connectivity index (χ4n) is 1.19. The Bertz CT molecular complexity index is 378. The minimum absolute atomic E-state index is 0.0572. The van der Waals surface area contributed by atoms with E-state index in [1.165, 1.54) is 12.1 Å². The molecular weight excluding hydrogens is 259 g/mol. The SMILES string of the molecule is C=C(C)CCC(=O)c1cc(F)cc(Br)c1. The van der Waals surface area contributed by atoms with Crippen molar-refractivity contribution in [3.8, 4) is 0 Å². The fraction of sp³-hybridized carbons (Fsp3) is 0.250. The molecule has 3 heteroatoms. The number of allylic oxidation sites excluding steroid dienone is 1. The summed E-state index contributed by atoms with van der Waals surface area (Å²) >= 11 is 3.15. The molecule has 0 heterocycles. The Morgan fingerprint density at radius 2 is 2.07 bits per heavy atom. The van der Waals surface area contributed by atoms with E-state index in [9.17, 15) is 9.18 Å². The molecular formula is C12H12BrFO. The van der Waals surface area contributed by atoms with Gasteiger partial charge in [-0.25, -0.2) is 4.39 Å². The molecule has 0 aliphatic carbocycles. The molecule has 0 aliphatic rings. The molecule has 0 amide bonds. The number of carbonyl (C=O) groups is 1. The van der Waals surface area contributed by atoms with Crippen LogP contribution in [0.2, 0.25) is 0 Å². The molecule has 1 aromatic carbocycles. The summed E-state index contributed by atoms with van der Waals surface area (Å²) in [5.41, 5.74) is 1.36. The molecule has 1 rings (SSSR count). The molecule has 0 saturated carbocycles. The number of halogens is 2. The van der Waals surface area contributed by atoms with Gasteiger partial charge in [0.05, 0.1) is 0 Å². The molecule has 1 nitrogen and oxygen atoms in total. The van der Waals surface area contributed by atoms with Crippen LogP contribution in [0.3, 0.4) is 0 Å². The van der Waals surface area contributed by atoms with Gasteiger partial charge < -0.3 is 0 Å². The monoisotopic (exact) mass is 270 g/mol. The molecule has 0 fully saturated rings. The van der Waals surface area contributed by atoms with Gasteiger partial charge in [-0.1, -0.05) is 21.5 Å². The van der Waals surface area contributed by atoms with Gasteiger partial charge in [0.2, 0.25) is 0 Å². The largest absolute Gasteiger partial charge is 0.294 e. The maximum atomic E-state index is 13.0. The van der Waals surface area contributed by atoms with Crippen molar-refractivity contribution in [3.05, 3.63) is 46.2 Å². The number of hydrogen-bond donors (Lipinski definition) is 0. The lowest BCUT2D eigenvalue weighted by Gasteiger charge is -2.02. The van der Waals surface area contributed by atoms with E-state index in [-0.39, 0.29) is 5.78 Å². The second kappa shape index (κ2) is 5.21. The quantitative estimate of drug-likeness (QED) is 0.594. The van der Waals surface area contributed by atoms with Gasteiger partial charge in [0.1, 0.15) is 5.82 Å². The summed E-state index contributed by atoms with van der Waals surface area (Å²) < 4.78 is 13.6. The summed E-state index contributed by atoms with van der Waals surface area (Å²) in [5, 5.41) is 0. The van der Waals surface area contributed by atoms with Crippen molar-refractivity contribution in [1.29, 1.82) is 0 Å². The first-order valence-electron chi connectivity index (χ1n) is 4.62. The van der Waals surface area contributed by atoms with Gasteiger partial charge in [-0.2, -0.15) is 0 Å². The Labute approximate surface area is 97.1 Å². The average molecular weight is 271 g/mol. The zero-order valence-corrected chi connectivity index (χ0v) is 10.1. The van der Waals surface area contributed by atoms with Crippen LogP contribution in [-0.4, -0.2) is 5.78 Å². The predicted octanol–water partition coefficient (Wildman–Crippen LogP) is 4.13. The van der Waals surface area contributed by atoms with E-state index >= 15 is 0 Å². The van der Waals surface area contributed by atoms with Crippen LogP contribution >= 0.6 is 15.9 Å². The van der Waals surface area contributed by atoms with Crippen LogP contribution in [0.4, 0.5) is 4.39 Å². The number of benzene rings is 1. The molecule has 0 N–H and O–H groups in total. The van der Waals surface area contributed by atoms with E-state index in [0.717, 1.165) is 5.57 Å². The lowest BCUT2D eigenvalue weighted by Crippen LogP contribution is -1.99. The number of Topliss-reactive ketones (excluding diaryl/α,β-unsaturated/α-hetero) is 1. The minimum atomic E-state index is -0.400. The van der Waals surface area contributed by atoms with Crippen LogP contribution in [0, 0.1) is 5.82 Å². The third-order valence-corrected chi connectivity index (χ3v) is 2.42. The molecule has 80 valence electrons. The summed E-state index contributed by atoms with van der Waals surface area (Å²) in [4.78, 5) is 11.6. The molecule has 0 aromatic heterocycles. The van der Waals surface area contributed by atoms with Crippen molar-refractivity contribution in [2.45, 2.75) is 19.8 Å². The Balaban J connectivity index is 2.77. The Morgan fingerprint density at radius 3 is 2.60 bits per heavy atom. The molecule has 1 aromatic rings. The average Bonchev–Trinajstić information content (AvgIpc) is 2.12. The highest BCUT2D eigenvalue weighted by molar-refractivity contribution is 9.10. The Morgan fingerprint density at radius 1 is 1.40 bits per heavy atom. The number of rotatable bonds is 4. The second-order valence-corrected chi connectivity index (χ2v) is 4.45. The van der Waals surface area contributed by atoms with Crippen molar-refractivity contribution < 1.29 is 9.18 Å². The van der Waals surface area contributed by atoms with Crippen LogP contribution in [0.25, 0.3) is 0 Å². The van der Waals surface area contributed by atoms with Crippen LogP contribution in [0.15, 0.2) is 34.8 Å². The summed E-state index contributed by atoms with van der Waals surface area (Å²) in [6.07, 6.45) is 1.03. The van der Waals surface area contributed by atoms with E-state index in [4.69, 9.17) is 0 Å². The highest BCUT2D eigenvalue weighted by Gasteiger charge is 2.08. The fourth-order valence-corrected chi connectivity index (χ4v) is 1.65. The van der Waals surface area contributed by atoms with E-state index < -0.39 is 5.82 Å². The first-order valence-corrected chi connectivity index (χ1v) is 5.42. The van der Waals surface area contributed by atoms with Gasteiger partial charge in [-0.15, -0.1) is 6.58 Å². The maximum Gasteiger partial charge on any atom is 0.163 e. The van der Waals surface area contributed by atoms with E-state index in [0.29, 0.717) is 22.9 Å². The molecule has 15 heavy (non-hydrogen) atoms. The standard InChI is InChI=1S/C12H12BrFO/c1-8(2)3-4-12(15)9-5-10(13)7-11(14)6-9/h5-7H,1,3-4H2,2H3. The van der Waals surface area contributed by atoms with Crippen molar-refractivity contribution >= 4 is 21.7 Å². The second-order valence-electron chi connectivity index (χ2n) is 3.54. The van der Waals surface area contributed by atoms with Crippen molar-refractivity contribution in [1.82, 2.24) is 0 Å². The van der Waals surface area contributed by atoms with Gasteiger partial charge in [-0.05, 0) is 31.5 Å². The lowest BCUT2D eigenvalue weighted by molar-refractivity contribution is 0.0982. The van der Waals surface area contributed by atoms with Gasteiger partial charge in [-0.3, -0.25) is 4.79 Å². The molecule has 0 bridgehead atoms. The third kappa shape index (κ3) is 3.96. The molecule has 0 saturated heterocycles. The molecule has 0 aliphatic heterocycles. The highest BCUT2D eigenvalue weighted by atomic mass is 79.9. The zero-order valence-electron chi connectivity index (χ0n) is 8.52. The van der Waals surface area contributed by atoms with Crippen LogP contribution in [-0.2, 0) is 0 Å². The highest BCUT2D eigenvalue weighted by Crippen LogP contribution is 2.17. The molecule has 0 unspecified atom stereocenters. The van der Waals surface area contributed by atoms with Gasteiger partial charge >= 0.3 is 0 Å². The Kier molecular flexibility index (Phi) is 4.21. The van der Waals surface area contributed by atoms with Gasteiger partial charge in [0.15, 0.2) is 5.78 Å². The van der Waals surface area contributed by atoms with E-state index in [1.807, 2.05) is 6.92 Å². The van der Waals surface area contributed by atoms with Crippen LogP contribution in [0.5, 0.6) is 0 Å². The minimum Gasteiger partial charge on any atom is -0.294 e. The summed E-state index contributed by atoms with van der Waals surface area (Å²) in [5.74, 6) is -0.457. The molecule has 0 atom stereocenters. The van der Waals surface area contributed by atoms with Crippen LogP contribution in [0.1, 0.15) is 30.1 Å². The van der Waals surface area contributed by atoms with Gasteiger partial charge in [0.25, 0.3) is 0 Å². The normalized spacial score (nSPS) is 10.1. The zero-order chi connectivity index (χ0) is 11.4. The molecule has 0 spiro atoms. The predicted molar refractivity (Wildman–Crippen MR) is 62.5 cm³/mol. The lowest BCUT2D eigenvalue weighted by atomic mass is 10.0. The van der Waals surface area contributed by atoms with E-state index in [1.54, 1.807) is 6.07 Å². The van der Waals surface area contributed by atoms with Crippen molar-refractivity contribution in [2.24, 2.45) is 0 Å². The maximum absolute atomic E-state index is 13.0. The van der Waals surface area contributed by atoms with Crippen molar-refractivity contribution in [3.63, 3.8) is 0 Å². The van der Waals surface area contributed by atoms with E-state index in [2.05, 4.69) is 22.5 Å². The van der Waals surface area contributed by atoms with Crippen molar-refractivity contribution in [2.75, 3.05) is 0 Å². The summed E-state index contributed by atoms with van der Waals surface area (Å²) in [7, 11) is 0. The smallest absolute Gasteiger partial charge is 0.163 e. The topological polar surface area (TPSA) is 17.1 Å². The number of hydrogen-bond acceptors (Lipinski definition) is 1.